The number of aliphatic hydroxyl groups excluding tert-OH is 1. The largest absolute Gasteiger partial charge is 0.469 e. The van der Waals surface area contributed by atoms with Crippen molar-refractivity contribution in [3.05, 3.63) is 35.4 Å². The molecule has 17 heavy (non-hydrogen) atoms. The summed E-state index contributed by atoms with van der Waals surface area (Å²) in [5.74, 6) is -0.394. The van der Waals surface area contributed by atoms with Crippen molar-refractivity contribution < 1.29 is 14.6 Å². The van der Waals surface area contributed by atoms with Crippen LogP contribution >= 0.6 is 0 Å². The lowest BCUT2D eigenvalue weighted by molar-refractivity contribution is -0.142. The molecule has 0 aliphatic carbocycles. The molecule has 0 aliphatic rings. The molecule has 1 atom stereocenters. The van der Waals surface area contributed by atoms with Gasteiger partial charge in [-0.05, 0) is 12.5 Å². The second kappa shape index (κ2) is 7.04. The fraction of sp³-hybridized carbons (Fsp3) is 0.462. The van der Waals surface area contributed by atoms with Gasteiger partial charge in [-0.15, -0.1) is 0 Å². The molecule has 0 aromatic heterocycles. The average Bonchev–Trinajstić information content (AvgIpc) is 2.31. The van der Waals surface area contributed by atoms with Crippen molar-refractivity contribution in [2.75, 3.05) is 13.7 Å². The number of rotatable bonds is 6. The first kappa shape index (κ1) is 13.7. The maximum atomic E-state index is 10.9. The van der Waals surface area contributed by atoms with Gasteiger partial charge in [-0.25, -0.2) is 0 Å². The zero-order chi connectivity index (χ0) is 12.7. The highest BCUT2D eigenvalue weighted by molar-refractivity contribution is 5.69. The molecule has 0 heterocycles. The van der Waals surface area contributed by atoms with E-state index in [4.69, 9.17) is 0 Å². The van der Waals surface area contributed by atoms with Gasteiger partial charge in [0.25, 0.3) is 0 Å². The topological polar surface area (TPSA) is 58.6 Å². The third-order valence-electron chi connectivity index (χ3n) is 2.46. The van der Waals surface area contributed by atoms with E-state index in [0.717, 1.165) is 5.56 Å². The summed E-state index contributed by atoms with van der Waals surface area (Å²) in [5, 5.41) is 12.6. The number of carbonyl (C=O) groups is 1. The molecule has 0 saturated carbocycles. The minimum atomic E-state index is -0.701. The standard InChI is InChI=1S/C13H19NO3/c1-10-3-5-11(6-4-10)8-14-9-12(15)7-13(16)17-2/h3-6,12,14-15H,7-9H2,1-2H3. The van der Waals surface area contributed by atoms with E-state index in [1.54, 1.807) is 0 Å². The number of hydrogen-bond acceptors (Lipinski definition) is 4. The molecule has 0 aliphatic heterocycles. The van der Waals surface area contributed by atoms with Crippen molar-refractivity contribution in [1.29, 1.82) is 0 Å². The van der Waals surface area contributed by atoms with Crippen molar-refractivity contribution in [2.45, 2.75) is 26.0 Å². The SMILES string of the molecule is COC(=O)CC(O)CNCc1ccc(C)cc1. The number of carbonyl (C=O) groups excluding carboxylic acids is 1. The quantitative estimate of drug-likeness (QED) is 0.725. The molecule has 4 heteroatoms. The predicted molar refractivity (Wildman–Crippen MR) is 65.5 cm³/mol. The van der Waals surface area contributed by atoms with Gasteiger partial charge in [0.15, 0.2) is 0 Å². The van der Waals surface area contributed by atoms with E-state index < -0.39 is 12.1 Å². The van der Waals surface area contributed by atoms with E-state index in [2.05, 4.69) is 10.1 Å². The van der Waals surface area contributed by atoms with Crippen molar-refractivity contribution in [3.8, 4) is 0 Å². The van der Waals surface area contributed by atoms with Gasteiger partial charge in [-0.3, -0.25) is 4.79 Å². The zero-order valence-electron chi connectivity index (χ0n) is 10.3. The van der Waals surface area contributed by atoms with Crippen LogP contribution < -0.4 is 5.32 Å². The van der Waals surface area contributed by atoms with Gasteiger partial charge in [0, 0.05) is 13.1 Å². The van der Waals surface area contributed by atoms with E-state index in [1.165, 1.54) is 12.7 Å². The molecular formula is C13H19NO3. The van der Waals surface area contributed by atoms with Gasteiger partial charge < -0.3 is 15.2 Å². The molecule has 1 unspecified atom stereocenters. The summed E-state index contributed by atoms with van der Waals surface area (Å²) < 4.78 is 4.47. The van der Waals surface area contributed by atoms with Gasteiger partial charge in [0.2, 0.25) is 0 Å². The Labute approximate surface area is 102 Å². The van der Waals surface area contributed by atoms with E-state index in [0.29, 0.717) is 13.1 Å². The molecule has 2 N–H and O–H groups in total. The van der Waals surface area contributed by atoms with Gasteiger partial charge in [-0.1, -0.05) is 29.8 Å². The first-order valence-electron chi connectivity index (χ1n) is 5.63. The van der Waals surface area contributed by atoms with Crippen molar-refractivity contribution in [2.24, 2.45) is 0 Å². The Bertz CT molecular complexity index is 348. The molecular weight excluding hydrogens is 218 g/mol. The average molecular weight is 237 g/mol. The number of ether oxygens (including phenoxy) is 1. The van der Waals surface area contributed by atoms with Gasteiger partial charge in [0.1, 0.15) is 0 Å². The summed E-state index contributed by atoms with van der Waals surface area (Å²) in [7, 11) is 1.31. The van der Waals surface area contributed by atoms with Crippen molar-refractivity contribution in [3.63, 3.8) is 0 Å². The predicted octanol–water partition coefficient (Wildman–Crippen LogP) is 1.01. The lowest BCUT2D eigenvalue weighted by Crippen LogP contribution is -2.28. The third-order valence-corrected chi connectivity index (χ3v) is 2.46. The molecule has 0 saturated heterocycles. The fourth-order valence-electron chi connectivity index (χ4n) is 1.44. The normalized spacial score (nSPS) is 12.2. The molecule has 0 spiro atoms. The van der Waals surface area contributed by atoms with Crippen LogP contribution in [0.4, 0.5) is 0 Å². The van der Waals surface area contributed by atoms with Gasteiger partial charge in [0.05, 0.1) is 19.6 Å². The number of nitrogens with one attached hydrogen (secondary N) is 1. The highest BCUT2D eigenvalue weighted by Gasteiger charge is 2.09. The van der Waals surface area contributed by atoms with Crippen LogP contribution in [0.5, 0.6) is 0 Å². The fourth-order valence-corrected chi connectivity index (χ4v) is 1.44. The van der Waals surface area contributed by atoms with Crippen LogP contribution in [-0.2, 0) is 16.1 Å². The number of aryl methyl sites for hydroxylation is 1. The maximum absolute atomic E-state index is 10.9. The molecule has 0 fully saturated rings. The highest BCUT2D eigenvalue weighted by Crippen LogP contribution is 2.02. The van der Waals surface area contributed by atoms with E-state index in [9.17, 15) is 9.90 Å². The maximum Gasteiger partial charge on any atom is 0.308 e. The zero-order valence-corrected chi connectivity index (χ0v) is 10.3. The van der Waals surface area contributed by atoms with Crippen LogP contribution in [0.3, 0.4) is 0 Å². The smallest absolute Gasteiger partial charge is 0.308 e. The number of aliphatic hydroxyl groups is 1. The van der Waals surface area contributed by atoms with Crippen LogP contribution in [0, 0.1) is 6.92 Å². The first-order valence-corrected chi connectivity index (χ1v) is 5.63. The number of hydrogen-bond donors (Lipinski definition) is 2. The van der Waals surface area contributed by atoms with Crippen LogP contribution in [0.25, 0.3) is 0 Å². The Kier molecular flexibility index (Phi) is 5.66. The second-order valence-electron chi connectivity index (χ2n) is 4.05. The van der Waals surface area contributed by atoms with Crippen LogP contribution in [0.1, 0.15) is 17.5 Å². The molecule has 0 radical (unpaired) electrons. The minimum absolute atomic E-state index is 0.0252. The second-order valence-corrected chi connectivity index (χ2v) is 4.05. The van der Waals surface area contributed by atoms with Crippen molar-refractivity contribution in [1.82, 2.24) is 5.32 Å². The summed E-state index contributed by atoms with van der Waals surface area (Å²) in [6, 6.07) is 8.16. The third kappa shape index (κ3) is 5.47. The Morgan fingerprint density at radius 2 is 2.06 bits per heavy atom. The molecule has 4 nitrogen and oxygen atoms in total. The van der Waals surface area contributed by atoms with E-state index in [-0.39, 0.29) is 6.42 Å². The van der Waals surface area contributed by atoms with Gasteiger partial charge in [-0.2, -0.15) is 0 Å². The Morgan fingerprint density at radius 1 is 1.41 bits per heavy atom. The highest BCUT2D eigenvalue weighted by atomic mass is 16.5. The Balaban J connectivity index is 2.23. The van der Waals surface area contributed by atoms with Crippen LogP contribution in [-0.4, -0.2) is 30.8 Å². The van der Waals surface area contributed by atoms with Crippen LogP contribution in [0.15, 0.2) is 24.3 Å². The summed E-state index contributed by atoms with van der Waals surface area (Å²) in [5.41, 5.74) is 2.38. The lowest BCUT2D eigenvalue weighted by atomic mass is 10.1. The lowest BCUT2D eigenvalue weighted by Gasteiger charge is -2.10. The Morgan fingerprint density at radius 3 is 2.65 bits per heavy atom. The number of methoxy groups -OCH3 is 1. The summed E-state index contributed by atoms with van der Waals surface area (Å²) >= 11 is 0. The monoisotopic (exact) mass is 237 g/mol. The summed E-state index contributed by atoms with van der Waals surface area (Å²) in [6.07, 6.45) is -0.676. The molecule has 1 aromatic rings. The molecule has 1 rings (SSSR count). The van der Waals surface area contributed by atoms with E-state index >= 15 is 0 Å². The molecule has 0 bridgehead atoms. The number of esters is 1. The summed E-state index contributed by atoms with van der Waals surface area (Å²) in [6.45, 7) is 3.10. The minimum Gasteiger partial charge on any atom is -0.469 e. The molecule has 0 amide bonds. The first-order chi connectivity index (χ1) is 8.11. The number of benzene rings is 1. The van der Waals surface area contributed by atoms with Crippen LogP contribution in [0.2, 0.25) is 0 Å². The Hall–Kier alpha value is -1.39. The van der Waals surface area contributed by atoms with Gasteiger partial charge >= 0.3 is 5.97 Å². The van der Waals surface area contributed by atoms with Crippen molar-refractivity contribution >= 4 is 5.97 Å². The molecule has 1 aromatic carbocycles. The summed E-state index contributed by atoms with van der Waals surface area (Å²) in [4.78, 5) is 10.9. The molecule has 94 valence electrons. The van der Waals surface area contributed by atoms with E-state index in [1.807, 2.05) is 31.2 Å².